The zero-order valence-corrected chi connectivity index (χ0v) is 6.72. The third-order valence-corrected chi connectivity index (χ3v) is 1.51. The molecule has 0 aliphatic heterocycles. The van der Waals surface area contributed by atoms with Crippen LogP contribution in [0, 0.1) is 17.0 Å². The molecule has 2 nitrogen and oxygen atoms in total. The van der Waals surface area contributed by atoms with Crippen LogP contribution in [0.3, 0.4) is 0 Å². The van der Waals surface area contributed by atoms with Crippen LogP contribution in [0.4, 0.5) is 8.78 Å². The van der Waals surface area contributed by atoms with E-state index in [-0.39, 0.29) is 11.3 Å². The molecule has 0 spiro atoms. The van der Waals surface area contributed by atoms with E-state index in [1.807, 2.05) is 0 Å². The molecule has 0 saturated carbocycles. The molecule has 68 valence electrons. The Morgan fingerprint density at radius 3 is 2.31 bits per heavy atom. The molecule has 0 amide bonds. The summed E-state index contributed by atoms with van der Waals surface area (Å²) >= 11 is 0. The number of nitrogens with two attached hydrogens (primary N) is 1. The van der Waals surface area contributed by atoms with Crippen molar-refractivity contribution >= 4 is 11.9 Å². The molecule has 0 aliphatic rings. The monoisotopic (exact) mass is 182 g/mol. The normalized spacial score (nSPS) is 11.4. The highest BCUT2D eigenvalue weighted by atomic mass is 19.1. The largest absolute Gasteiger partial charge is 0.398 e. The van der Waals surface area contributed by atoms with Crippen LogP contribution in [0.15, 0.2) is 24.3 Å². The first kappa shape index (κ1) is 9.38. The van der Waals surface area contributed by atoms with Crippen molar-refractivity contribution in [1.82, 2.24) is 0 Å². The van der Waals surface area contributed by atoms with Crippen molar-refractivity contribution in [2.24, 2.45) is 5.73 Å². The molecule has 3 N–H and O–H groups in total. The van der Waals surface area contributed by atoms with Gasteiger partial charge in [0, 0.05) is 11.9 Å². The minimum absolute atomic E-state index is 0.0920. The maximum absolute atomic E-state index is 13.0. The Bertz CT molecular complexity index is 338. The Balaban J connectivity index is 3.27. The van der Waals surface area contributed by atoms with Crippen molar-refractivity contribution in [2.75, 3.05) is 0 Å². The first-order valence-corrected chi connectivity index (χ1v) is 3.57. The molecule has 0 bridgehead atoms. The van der Waals surface area contributed by atoms with Crippen LogP contribution in [-0.2, 0) is 0 Å². The Morgan fingerprint density at radius 2 is 1.85 bits per heavy atom. The molecule has 1 aromatic rings. The maximum Gasteiger partial charge on any atom is 0.135 e. The molecule has 0 atom stereocenters. The van der Waals surface area contributed by atoms with Crippen LogP contribution in [0.25, 0.3) is 5.70 Å². The fourth-order valence-electron chi connectivity index (χ4n) is 0.947. The van der Waals surface area contributed by atoms with Gasteiger partial charge in [-0.25, -0.2) is 8.78 Å². The van der Waals surface area contributed by atoms with Crippen LogP contribution in [-0.4, -0.2) is 6.21 Å². The highest BCUT2D eigenvalue weighted by Crippen LogP contribution is 2.17. The second-order valence-corrected chi connectivity index (χ2v) is 2.39. The average Bonchev–Trinajstić information content (AvgIpc) is 2.04. The Labute approximate surface area is 74.2 Å². The molecule has 0 aromatic heterocycles. The smallest absolute Gasteiger partial charge is 0.135 e. The molecular weight excluding hydrogens is 174 g/mol. The van der Waals surface area contributed by atoms with Crippen LogP contribution in [0.1, 0.15) is 5.56 Å². The van der Waals surface area contributed by atoms with E-state index in [9.17, 15) is 8.78 Å². The number of benzene rings is 1. The standard InChI is InChI=1S/C9H8F2N2/c10-6-2-1-3-7(11)9(6)8(13)4-5-12/h1-5,12H,13H2. The summed E-state index contributed by atoms with van der Waals surface area (Å²) in [7, 11) is 0. The summed E-state index contributed by atoms with van der Waals surface area (Å²) in [6.45, 7) is 0. The number of hydrogen-bond donors (Lipinski definition) is 2. The van der Waals surface area contributed by atoms with Crippen molar-refractivity contribution in [3.8, 4) is 0 Å². The van der Waals surface area contributed by atoms with Crippen molar-refractivity contribution in [3.05, 3.63) is 41.5 Å². The molecule has 13 heavy (non-hydrogen) atoms. The quantitative estimate of drug-likeness (QED) is 0.674. The number of nitrogens with one attached hydrogen (secondary N) is 1. The van der Waals surface area contributed by atoms with Crippen molar-refractivity contribution < 1.29 is 8.78 Å². The van der Waals surface area contributed by atoms with Gasteiger partial charge in [-0.05, 0) is 18.2 Å². The molecule has 0 heterocycles. The van der Waals surface area contributed by atoms with E-state index < -0.39 is 11.6 Å². The molecule has 1 rings (SSSR count). The maximum atomic E-state index is 13.0. The van der Waals surface area contributed by atoms with Crippen LogP contribution < -0.4 is 5.73 Å². The van der Waals surface area contributed by atoms with Gasteiger partial charge in [-0.15, -0.1) is 0 Å². The molecule has 4 heteroatoms. The number of rotatable bonds is 2. The molecule has 0 aliphatic carbocycles. The van der Waals surface area contributed by atoms with Crippen molar-refractivity contribution in [3.63, 3.8) is 0 Å². The number of allylic oxidation sites excluding steroid dienone is 1. The lowest BCUT2D eigenvalue weighted by Crippen LogP contribution is -2.02. The molecule has 0 fully saturated rings. The third kappa shape index (κ3) is 1.90. The first-order chi connectivity index (χ1) is 6.16. The summed E-state index contributed by atoms with van der Waals surface area (Å²) in [5.74, 6) is -1.45. The fraction of sp³-hybridized carbons (Fsp3) is 0. The predicted octanol–water partition coefficient (Wildman–Crippen LogP) is 1.91. The second-order valence-electron chi connectivity index (χ2n) is 2.39. The summed E-state index contributed by atoms with van der Waals surface area (Å²) in [5.41, 5.74) is 4.96. The van der Waals surface area contributed by atoms with E-state index in [4.69, 9.17) is 11.1 Å². The van der Waals surface area contributed by atoms with Gasteiger partial charge in [0.25, 0.3) is 0 Å². The van der Waals surface area contributed by atoms with Crippen molar-refractivity contribution in [1.29, 1.82) is 5.41 Å². The Kier molecular flexibility index (Phi) is 2.74. The molecule has 1 aromatic carbocycles. The first-order valence-electron chi connectivity index (χ1n) is 3.57. The molecular formula is C9H8F2N2. The van der Waals surface area contributed by atoms with Crippen LogP contribution >= 0.6 is 0 Å². The lowest BCUT2D eigenvalue weighted by molar-refractivity contribution is 0.576. The summed E-state index contributed by atoms with van der Waals surface area (Å²) in [6.07, 6.45) is 2.00. The zero-order valence-electron chi connectivity index (χ0n) is 6.72. The van der Waals surface area contributed by atoms with Crippen molar-refractivity contribution in [2.45, 2.75) is 0 Å². The molecule has 0 radical (unpaired) electrons. The SMILES string of the molecule is N=CC=C(N)c1c(F)cccc1F. The number of hydrogen-bond acceptors (Lipinski definition) is 2. The summed E-state index contributed by atoms with van der Waals surface area (Å²) in [5, 5.41) is 6.70. The Morgan fingerprint density at radius 1 is 1.31 bits per heavy atom. The highest BCUT2D eigenvalue weighted by Gasteiger charge is 2.09. The van der Waals surface area contributed by atoms with Gasteiger partial charge in [0.1, 0.15) is 11.6 Å². The van der Waals surface area contributed by atoms with Gasteiger partial charge in [0.2, 0.25) is 0 Å². The lowest BCUT2D eigenvalue weighted by atomic mass is 10.1. The minimum Gasteiger partial charge on any atom is -0.398 e. The van der Waals surface area contributed by atoms with Gasteiger partial charge in [0.15, 0.2) is 0 Å². The molecule has 0 saturated heterocycles. The van der Waals surface area contributed by atoms with Gasteiger partial charge in [-0.1, -0.05) is 6.07 Å². The van der Waals surface area contributed by atoms with E-state index in [1.165, 1.54) is 6.07 Å². The summed E-state index contributed by atoms with van der Waals surface area (Å²) in [4.78, 5) is 0. The van der Waals surface area contributed by atoms with Gasteiger partial charge in [-0.2, -0.15) is 0 Å². The minimum atomic E-state index is -0.726. The Hall–Kier alpha value is -1.71. The van der Waals surface area contributed by atoms with Gasteiger partial charge >= 0.3 is 0 Å². The predicted molar refractivity (Wildman–Crippen MR) is 47.3 cm³/mol. The van der Waals surface area contributed by atoms with E-state index in [0.717, 1.165) is 24.4 Å². The summed E-state index contributed by atoms with van der Waals surface area (Å²) in [6, 6.07) is 3.48. The highest BCUT2D eigenvalue weighted by molar-refractivity contribution is 5.81. The van der Waals surface area contributed by atoms with Crippen LogP contribution in [0.5, 0.6) is 0 Å². The molecule has 0 unspecified atom stereocenters. The number of halogens is 2. The second kappa shape index (κ2) is 3.80. The van der Waals surface area contributed by atoms with Crippen LogP contribution in [0.2, 0.25) is 0 Å². The van der Waals surface area contributed by atoms with Gasteiger partial charge < -0.3 is 11.1 Å². The lowest BCUT2D eigenvalue weighted by Gasteiger charge is -2.03. The van der Waals surface area contributed by atoms with E-state index in [0.29, 0.717) is 0 Å². The van der Waals surface area contributed by atoms with Gasteiger partial charge in [0.05, 0.1) is 5.56 Å². The zero-order chi connectivity index (χ0) is 9.84. The average molecular weight is 182 g/mol. The third-order valence-electron chi connectivity index (χ3n) is 1.51. The van der Waals surface area contributed by atoms with E-state index >= 15 is 0 Å². The van der Waals surface area contributed by atoms with Gasteiger partial charge in [-0.3, -0.25) is 0 Å². The van der Waals surface area contributed by atoms with E-state index in [1.54, 1.807) is 0 Å². The topological polar surface area (TPSA) is 49.9 Å². The fourth-order valence-corrected chi connectivity index (χ4v) is 0.947. The van der Waals surface area contributed by atoms with E-state index in [2.05, 4.69) is 0 Å². The summed E-state index contributed by atoms with van der Waals surface area (Å²) < 4.78 is 26.0.